The first-order valence-corrected chi connectivity index (χ1v) is 9.12. The first-order chi connectivity index (χ1) is 11.0. The molecule has 120 valence electrons. The number of carbonyl (C=O) groups excluding carboxylic acids is 1. The lowest BCUT2D eigenvalue weighted by Crippen LogP contribution is -2.14. The van der Waals surface area contributed by atoms with Crippen molar-refractivity contribution in [3.63, 3.8) is 0 Å². The number of nitrogens with one attached hydrogen (secondary N) is 1. The van der Waals surface area contributed by atoms with Crippen LogP contribution in [0.2, 0.25) is 8.67 Å². The van der Waals surface area contributed by atoms with Gasteiger partial charge in [-0.15, -0.1) is 22.7 Å². The van der Waals surface area contributed by atoms with Crippen molar-refractivity contribution in [2.75, 3.05) is 5.32 Å². The summed E-state index contributed by atoms with van der Waals surface area (Å²) in [6.45, 7) is 3.62. The molecular formula is C14H11Cl2N3O2S2. The zero-order valence-corrected chi connectivity index (χ0v) is 15.3. The number of anilines is 1. The molecule has 0 aromatic carbocycles. The SMILES string of the molecule is CCc1noc(C)c1C(=O)Nc1nc(-c2cc(Cl)sc2Cl)cs1. The Balaban J connectivity index is 1.83. The minimum absolute atomic E-state index is 0.282. The van der Waals surface area contributed by atoms with E-state index in [1.807, 2.05) is 12.3 Å². The fraction of sp³-hybridized carbons (Fsp3) is 0.214. The Kier molecular flexibility index (Phi) is 4.72. The normalized spacial score (nSPS) is 11.0. The Morgan fingerprint density at radius 1 is 1.43 bits per heavy atom. The molecule has 3 heterocycles. The van der Waals surface area contributed by atoms with E-state index >= 15 is 0 Å². The Morgan fingerprint density at radius 3 is 2.87 bits per heavy atom. The molecule has 3 aromatic rings. The zero-order valence-electron chi connectivity index (χ0n) is 12.1. The molecule has 0 aliphatic carbocycles. The number of rotatable bonds is 4. The van der Waals surface area contributed by atoms with Crippen molar-refractivity contribution in [1.29, 1.82) is 0 Å². The largest absolute Gasteiger partial charge is 0.361 e. The zero-order chi connectivity index (χ0) is 16.6. The number of aromatic nitrogens is 2. The van der Waals surface area contributed by atoms with Crippen molar-refractivity contribution in [2.45, 2.75) is 20.3 Å². The molecule has 1 amide bonds. The van der Waals surface area contributed by atoms with Crippen molar-refractivity contribution in [3.8, 4) is 11.3 Å². The Morgan fingerprint density at radius 2 is 2.22 bits per heavy atom. The molecule has 23 heavy (non-hydrogen) atoms. The van der Waals surface area contributed by atoms with E-state index in [4.69, 9.17) is 27.7 Å². The van der Waals surface area contributed by atoms with Gasteiger partial charge in [0.25, 0.3) is 5.91 Å². The summed E-state index contributed by atoms with van der Waals surface area (Å²) in [7, 11) is 0. The molecule has 3 rings (SSSR count). The van der Waals surface area contributed by atoms with Crippen LogP contribution in [0.1, 0.15) is 28.7 Å². The number of nitrogens with zero attached hydrogens (tertiary/aromatic N) is 2. The van der Waals surface area contributed by atoms with Gasteiger partial charge in [0.2, 0.25) is 0 Å². The summed E-state index contributed by atoms with van der Waals surface area (Å²) in [4.78, 5) is 16.8. The first-order valence-electron chi connectivity index (χ1n) is 6.66. The average Bonchev–Trinajstić information content (AvgIpc) is 3.18. The molecule has 9 heteroatoms. The first kappa shape index (κ1) is 16.4. The van der Waals surface area contributed by atoms with E-state index in [1.54, 1.807) is 13.0 Å². The maximum absolute atomic E-state index is 12.4. The summed E-state index contributed by atoms with van der Waals surface area (Å²) >= 11 is 14.7. The van der Waals surface area contributed by atoms with Crippen LogP contribution in [0.5, 0.6) is 0 Å². The monoisotopic (exact) mass is 387 g/mol. The third-order valence-corrected chi connectivity index (χ3v) is 5.40. The highest BCUT2D eigenvalue weighted by Gasteiger charge is 2.20. The second kappa shape index (κ2) is 6.60. The molecule has 0 unspecified atom stereocenters. The van der Waals surface area contributed by atoms with Gasteiger partial charge in [-0.1, -0.05) is 35.3 Å². The lowest BCUT2D eigenvalue weighted by molar-refractivity contribution is 0.102. The van der Waals surface area contributed by atoms with Gasteiger partial charge in [-0.3, -0.25) is 10.1 Å². The number of amides is 1. The molecule has 0 spiro atoms. The number of carbonyl (C=O) groups is 1. The van der Waals surface area contributed by atoms with Crippen LogP contribution in [0.25, 0.3) is 11.3 Å². The predicted molar refractivity (Wildman–Crippen MR) is 94.0 cm³/mol. The van der Waals surface area contributed by atoms with E-state index < -0.39 is 0 Å². The molecule has 0 fully saturated rings. The van der Waals surface area contributed by atoms with Crippen molar-refractivity contribution in [3.05, 3.63) is 37.1 Å². The third-order valence-electron chi connectivity index (χ3n) is 3.15. The number of thiophene rings is 1. The molecule has 1 N–H and O–H groups in total. The van der Waals surface area contributed by atoms with Crippen molar-refractivity contribution in [2.24, 2.45) is 0 Å². The van der Waals surface area contributed by atoms with Gasteiger partial charge in [0.05, 0.1) is 15.7 Å². The predicted octanol–water partition coefficient (Wildman–Crippen LogP) is 5.29. The summed E-state index contributed by atoms with van der Waals surface area (Å²) in [6, 6.07) is 1.76. The number of thiazole rings is 1. The van der Waals surface area contributed by atoms with Gasteiger partial charge in [0.1, 0.15) is 15.7 Å². The molecular weight excluding hydrogens is 377 g/mol. The fourth-order valence-corrected chi connectivity index (χ4v) is 4.27. The van der Waals surface area contributed by atoms with Gasteiger partial charge in [0.15, 0.2) is 5.13 Å². The highest BCUT2D eigenvalue weighted by Crippen LogP contribution is 2.39. The van der Waals surface area contributed by atoms with Crippen LogP contribution in [0, 0.1) is 6.92 Å². The van der Waals surface area contributed by atoms with Crippen molar-refractivity contribution < 1.29 is 9.32 Å². The van der Waals surface area contributed by atoms with E-state index in [0.717, 1.165) is 5.56 Å². The fourth-order valence-electron chi connectivity index (χ4n) is 2.08. The topological polar surface area (TPSA) is 68.0 Å². The number of hydrogen-bond donors (Lipinski definition) is 1. The summed E-state index contributed by atoms with van der Waals surface area (Å²) in [5, 5.41) is 8.95. The van der Waals surface area contributed by atoms with E-state index in [1.165, 1.54) is 22.7 Å². The second-order valence-corrected chi connectivity index (χ2v) is 7.79. The molecule has 0 bridgehead atoms. The van der Waals surface area contributed by atoms with E-state index in [9.17, 15) is 4.79 Å². The summed E-state index contributed by atoms with van der Waals surface area (Å²) in [5.41, 5.74) is 2.52. The van der Waals surface area contributed by atoms with Gasteiger partial charge < -0.3 is 4.52 Å². The molecule has 0 atom stereocenters. The van der Waals surface area contributed by atoms with E-state index in [-0.39, 0.29) is 5.91 Å². The van der Waals surface area contributed by atoms with Crippen molar-refractivity contribution >= 4 is 56.9 Å². The Hall–Kier alpha value is -1.41. The lowest BCUT2D eigenvalue weighted by atomic mass is 10.1. The summed E-state index contributed by atoms with van der Waals surface area (Å²) in [5.74, 6) is 0.208. The van der Waals surface area contributed by atoms with Crippen LogP contribution in [-0.2, 0) is 6.42 Å². The summed E-state index contributed by atoms with van der Waals surface area (Å²) < 4.78 is 6.24. The standard InChI is InChI=1S/C14H11Cl2N3O2S2/c1-3-8-11(6(2)21-19-8)13(20)18-14-17-9(5-22-14)7-4-10(15)23-12(7)16/h4-5H,3H2,1-2H3,(H,17,18,20). The van der Waals surface area contributed by atoms with Gasteiger partial charge in [0, 0.05) is 10.9 Å². The van der Waals surface area contributed by atoms with Gasteiger partial charge in [-0.25, -0.2) is 4.98 Å². The maximum atomic E-state index is 12.4. The van der Waals surface area contributed by atoms with Crippen LogP contribution in [0.4, 0.5) is 5.13 Å². The third kappa shape index (κ3) is 3.28. The molecule has 0 aliphatic rings. The van der Waals surface area contributed by atoms with Crippen LogP contribution in [0.3, 0.4) is 0 Å². The molecule has 0 radical (unpaired) electrons. The number of halogens is 2. The van der Waals surface area contributed by atoms with Gasteiger partial charge in [-0.05, 0) is 19.4 Å². The quantitative estimate of drug-likeness (QED) is 0.660. The molecule has 0 saturated heterocycles. The second-order valence-electron chi connectivity index (χ2n) is 4.64. The highest BCUT2D eigenvalue weighted by molar-refractivity contribution is 7.20. The van der Waals surface area contributed by atoms with Crippen molar-refractivity contribution in [1.82, 2.24) is 10.1 Å². The molecule has 0 saturated carbocycles. The smallest absolute Gasteiger partial charge is 0.262 e. The lowest BCUT2D eigenvalue weighted by Gasteiger charge is -2.01. The molecule has 0 aliphatic heterocycles. The highest BCUT2D eigenvalue weighted by atomic mass is 35.5. The maximum Gasteiger partial charge on any atom is 0.262 e. The Labute approximate surface area is 150 Å². The van der Waals surface area contributed by atoms with Gasteiger partial charge in [-0.2, -0.15) is 0 Å². The van der Waals surface area contributed by atoms with Crippen LogP contribution >= 0.6 is 45.9 Å². The minimum atomic E-state index is -0.282. The van der Waals surface area contributed by atoms with E-state index in [0.29, 0.717) is 42.9 Å². The molecule has 3 aromatic heterocycles. The van der Waals surface area contributed by atoms with Crippen LogP contribution in [-0.4, -0.2) is 16.0 Å². The van der Waals surface area contributed by atoms with Crippen LogP contribution < -0.4 is 5.32 Å². The number of hydrogen-bond acceptors (Lipinski definition) is 6. The number of aryl methyl sites for hydroxylation is 2. The summed E-state index contributed by atoms with van der Waals surface area (Å²) in [6.07, 6.45) is 0.617. The van der Waals surface area contributed by atoms with Gasteiger partial charge >= 0.3 is 0 Å². The van der Waals surface area contributed by atoms with E-state index in [2.05, 4.69) is 15.5 Å². The molecule has 5 nitrogen and oxygen atoms in total. The van der Waals surface area contributed by atoms with Crippen LogP contribution in [0.15, 0.2) is 16.0 Å². The average molecular weight is 388 g/mol. The minimum Gasteiger partial charge on any atom is -0.361 e. The Bertz CT molecular complexity index is 869.